The number of hydrogen-bond acceptors (Lipinski definition) is 2. The van der Waals surface area contributed by atoms with Crippen molar-refractivity contribution < 1.29 is 4.79 Å². The minimum atomic E-state index is 0.264. The average Bonchev–Trinajstić information content (AvgIpc) is 2.91. The Balaban J connectivity index is 2.31. The van der Waals surface area contributed by atoms with Crippen molar-refractivity contribution in [3.05, 3.63) is 29.8 Å². The normalized spacial score (nSPS) is 21.8. The number of benzene rings is 1. The molecule has 0 heterocycles. The van der Waals surface area contributed by atoms with Crippen LogP contribution in [0.1, 0.15) is 44.6 Å². The van der Waals surface area contributed by atoms with Crippen LogP contribution in [0.3, 0.4) is 0 Å². The molecule has 1 aromatic carbocycles. The van der Waals surface area contributed by atoms with E-state index >= 15 is 0 Å². The number of carbonyl (C=O) groups excluding carboxylic acids is 1. The first-order chi connectivity index (χ1) is 10.0. The van der Waals surface area contributed by atoms with E-state index in [1.807, 2.05) is 0 Å². The van der Waals surface area contributed by atoms with Crippen molar-refractivity contribution >= 4 is 11.6 Å². The summed E-state index contributed by atoms with van der Waals surface area (Å²) < 4.78 is 0. The second kappa shape index (κ2) is 7.08. The van der Waals surface area contributed by atoms with Gasteiger partial charge in [0.1, 0.15) is 0 Å². The minimum Gasteiger partial charge on any atom is -0.308 e. The summed E-state index contributed by atoms with van der Waals surface area (Å²) in [6, 6.07) is 9.15. The molecule has 1 aliphatic rings. The van der Waals surface area contributed by atoms with Gasteiger partial charge in [0, 0.05) is 18.2 Å². The zero-order valence-electron chi connectivity index (χ0n) is 13.8. The number of carbonyl (C=O) groups is 1. The molecule has 0 aromatic heterocycles. The molecule has 116 valence electrons. The smallest absolute Gasteiger partial charge is 0.227 e. The van der Waals surface area contributed by atoms with Gasteiger partial charge in [-0.3, -0.25) is 4.79 Å². The first kappa shape index (κ1) is 16.0. The zero-order chi connectivity index (χ0) is 15.4. The molecule has 0 N–H and O–H groups in total. The Bertz CT molecular complexity index is 467. The van der Waals surface area contributed by atoms with Gasteiger partial charge < -0.3 is 9.80 Å². The van der Waals surface area contributed by atoms with Crippen LogP contribution in [0, 0.1) is 6.92 Å². The van der Waals surface area contributed by atoms with Crippen molar-refractivity contribution in [3.63, 3.8) is 0 Å². The Morgan fingerprint density at radius 3 is 2.33 bits per heavy atom. The molecule has 1 amide bonds. The molecule has 3 nitrogen and oxygen atoms in total. The average molecular weight is 288 g/mol. The second-order valence-electron chi connectivity index (χ2n) is 6.38. The monoisotopic (exact) mass is 288 g/mol. The van der Waals surface area contributed by atoms with E-state index in [0.717, 1.165) is 18.5 Å². The van der Waals surface area contributed by atoms with Gasteiger partial charge in [-0.15, -0.1) is 0 Å². The fourth-order valence-corrected chi connectivity index (χ4v) is 3.38. The summed E-state index contributed by atoms with van der Waals surface area (Å²) in [7, 11) is 4.25. The van der Waals surface area contributed by atoms with Crippen molar-refractivity contribution in [2.75, 3.05) is 19.0 Å². The number of aryl methyl sites for hydroxylation is 1. The van der Waals surface area contributed by atoms with E-state index in [2.05, 4.69) is 62.0 Å². The lowest BCUT2D eigenvalue weighted by Gasteiger charge is -2.36. The summed E-state index contributed by atoms with van der Waals surface area (Å²) in [5, 5.41) is 0. The van der Waals surface area contributed by atoms with Crippen LogP contribution in [-0.4, -0.2) is 37.0 Å². The molecule has 1 aromatic rings. The van der Waals surface area contributed by atoms with Gasteiger partial charge in [-0.05, 0) is 58.8 Å². The number of rotatable bonds is 5. The van der Waals surface area contributed by atoms with Crippen LogP contribution in [0.5, 0.6) is 0 Å². The quantitative estimate of drug-likeness (QED) is 0.826. The van der Waals surface area contributed by atoms with Crippen LogP contribution in [0.2, 0.25) is 0 Å². The third-order valence-electron chi connectivity index (χ3n) is 4.48. The molecule has 0 aliphatic heterocycles. The Hall–Kier alpha value is -1.35. The first-order valence-corrected chi connectivity index (χ1v) is 8.09. The van der Waals surface area contributed by atoms with E-state index in [9.17, 15) is 4.79 Å². The van der Waals surface area contributed by atoms with E-state index in [4.69, 9.17) is 0 Å². The van der Waals surface area contributed by atoms with Crippen LogP contribution in [-0.2, 0) is 4.79 Å². The van der Waals surface area contributed by atoms with Gasteiger partial charge in [0.05, 0.1) is 6.04 Å². The van der Waals surface area contributed by atoms with E-state index in [1.54, 1.807) is 0 Å². The van der Waals surface area contributed by atoms with Crippen molar-refractivity contribution in [3.8, 4) is 0 Å². The highest BCUT2D eigenvalue weighted by Gasteiger charge is 2.36. The summed E-state index contributed by atoms with van der Waals surface area (Å²) >= 11 is 0. The van der Waals surface area contributed by atoms with Crippen LogP contribution >= 0.6 is 0 Å². The SMILES string of the molecule is CCCC(=O)N(c1ccc(C)cc1)C1CCCC1N(C)C. The van der Waals surface area contributed by atoms with Crippen LogP contribution in [0.15, 0.2) is 24.3 Å². The molecule has 1 saturated carbocycles. The van der Waals surface area contributed by atoms with Crippen molar-refractivity contribution in [1.29, 1.82) is 0 Å². The van der Waals surface area contributed by atoms with Crippen molar-refractivity contribution in [1.82, 2.24) is 4.90 Å². The molecule has 2 unspecified atom stereocenters. The number of hydrogen-bond donors (Lipinski definition) is 0. The summed E-state index contributed by atoms with van der Waals surface area (Å²) in [6.45, 7) is 4.16. The van der Waals surface area contributed by atoms with Crippen LogP contribution < -0.4 is 4.90 Å². The summed E-state index contributed by atoms with van der Waals surface area (Å²) in [4.78, 5) is 17.0. The zero-order valence-corrected chi connectivity index (χ0v) is 13.8. The number of amides is 1. The van der Waals surface area contributed by atoms with E-state index in [0.29, 0.717) is 18.5 Å². The highest BCUT2D eigenvalue weighted by Crippen LogP contribution is 2.31. The number of nitrogens with zero attached hydrogens (tertiary/aromatic N) is 2. The lowest BCUT2D eigenvalue weighted by molar-refractivity contribution is -0.119. The summed E-state index contributed by atoms with van der Waals surface area (Å²) in [5.74, 6) is 0.264. The highest BCUT2D eigenvalue weighted by molar-refractivity contribution is 5.94. The summed E-state index contributed by atoms with van der Waals surface area (Å²) in [5.41, 5.74) is 2.29. The standard InChI is InChI=1S/C18H28N2O/c1-5-7-18(21)20(15-12-10-14(2)11-13-15)17-9-6-8-16(17)19(3)4/h10-13,16-17H,5-9H2,1-4H3. The molecule has 21 heavy (non-hydrogen) atoms. The molecule has 0 bridgehead atoms. The molecule has 0 saturated heterocycles. The molecule has 0 radical (unpaired) electrons. The number of anilines is 1. The maximum Gasteiger partial charge on any atom is 0.227 e. The molecule has 1 aliphatic carbocycles. The molecular weight excluding hydrogens is 260 g/mol. The van der Waals surface area contributed by atoms with Gasteiger partial charge in [-0.2, -0.15) is 0 Å². The Morgan fingerprint density at radius 2 is 1.76 bits per heavy atom. The van der Waals surface area contributed by atoms with E-state index in [1.165, 1.54) is 18.4 Å². The maximum absolute atomic E-state index is 12.7. The molecule has 1 fully saturated rings. The fourth-order valence-electron chi connectivity index (χ4n) is 3.38. The van der Waals surface area contributed by atoms with Gasteiger partial charge >= 0.3 is 0 Å². The third-order valence-corrected chi connectivity index (χ3v) is 4.48. The maximum atomic E-state index is 12.7. The highest BCUT2D eigenvalue weighted by atomic mass is 16.2. The van der Waals surface area contributed by atoms with Gasteiger partial charge in [0.25, 0.3) is 0 Å². The van der Waals surface area contributed by atoms with E-state index in [-0.39, 0.29) is 5.91 Å². The first-order valence-electron chi connectivity index (χ1n) is 8.09. The van der Waals surface area contributed by atoms with E-state index < -0.39 is 0 Å². The van der Waals surface area contributed by atoms with Gasteiger partial charge in [0.15, 0.2) is 0 Å². The minimum absolute atomic E-state index is 0.264. The van der Waals surface area contributed by atoms with Crippen LogP contribution in [0.25, 0.3) is 0 Å². The Labute approximate surface area is 128 Å². The molecular formula is C18H28N2O. The lowest BCUT2D eigenvalue weighted by atomic mass is 10.1. The largest absolute Gasteiger partial charge is 0.308 e. The Kier molecular flexibility index (Phi) is 5.40. The summed E-state index contributed by atoms with van der Waals surface area (Å²) in [6.07, 6.45) is 5.02. The molecule has 2 atom stereocenters. The van der Waals surface area contributed by atoms with Gasteiger partial charge in [-0.25, -0.2) is 0 Å². The topological polar surface area (TPSA) is 23.6 Å². The molecule has 3 heteroatoms. The molecule has 0 spiro atoms. The lowest BCUT2D eigenvalue weighted by Crippen LogP contribution is -2.49. The Morgan fingerprint density at radius 1 is 1.14 bits per heavy atom. The predicted octanol–water partition coefficient (Wildman–Crippen LogP) is 3.61. The predicted molar refractivity (Wildman–Crippen MR) is 88.7 cm³/mol. The fraction of sp³-hybridized carbons (Fsp3) is 0.611. The third kappa shape index (κ3) is 3.65. The number of likely N-dealkylation sites (N-methyl/N-ethyl adjacent to an activating group) is 1. The van der Waals surface area contributed by atoms with Crippen molar-refractivity contribution in [2.45, 2.75) is 58.0 Å². The van der Waals surface area contributed by atoms with Gasteiger partial charge in [-0.1, -0.05) is 24.6 Å². The second-order valence-corrected chi connectivity index (χ2v) is 6.38. The van der Waals surface area contributed by atoms with Crippen LogP contribution in [0.4, 0.5) is 5.69 Å². The van der Waals surface area contributed by atoms with Gasteiger partial charge in [0.2, 0.25) is 5.91 Å². The van der Waals surface area contributed by atoms with Crippen molar-refractivity contribution in [2.24, 2.45) is 0 Å². The molecule has 2 rings (SSSR count).